The number of rotatable bonds is 5. The molecule has 3 aromatic rings. The Bertz CT molecular complexity index is 1030. The number of ether oxygens (including phenoxy) is 2. The molecule has 0 amide bonds. The molecular formula is C22H25ClN2O3. The van der Waals surface area contributed by atoms with Gasteiger partial charge in [-0.25, -0.2) is 4.98 Å². The monoisotopic (exact) mass is 400 g/mol. The first-order chi connectivity index (χ1) is 13.1. The highest BCUT2D eigenvalue weighted by atomic mass is 35.5. The SMILES string of the molecule is COc1nc2ccc([C@@](C)(O)c3ccc(C)nc3C)cc2c(Cl)c1OC(C)C. The largest absolute Gasteiger partial charge is 0.484 e. The third kappa shape index (κ3) is 3.64. The number of hydrogen-bond donors (Lipinski definition) is 1. The van der Waals surface area contributed by atoms with Gasteiger partial charge in [-0.2, -0.15) is 0 Å². The zero-order chi connectivity index (χ0) is 20.6. The molecule has 0 aliphatic carbocycles. The Labute approximate surface area is 170 Å². The summed E-state index contributed by atoms with van der Waals surface area (Å²) in [6.07, 6.45) is -0.0850. The summed E-state index contributed by atoms with van der Waals surface area (Å²) in [6, 6.07) is 9.31. The van der Waals surface area contributed by atoms with Gasteiger partial charge in [0.2, 0.25) is 5.75 Å². The molecule has 0 unspecified atom stereocenters. The number of methoxy groups -OCH3 is 1. The van der Waals surface area contributed by atoms with Crippen LogP contribution in [0.3, 0.4) is 0 Å². The molecule has 28 heavy (non-hydrogen) atoms. The Morgan fingerprint density at radius 2 is 1.82 bits per heavy atom. The summed E-state index contributed by atoms with van der Waals surface area (Å²) in [7, 11) is 1.53. The second kappa shape index (κ2) is 7.57. The number of nitrogens with zero attached hydrogens (tertiary/aromatic N) is 2. The lowest BCUT2D eigenvalue weighted by Gasteiger charge is -2.26. The van der Waals surface area contributed by atoms with Crippen LogP contribution in [0.1, 0.15) is 43.3 Å². The van der Waals surface area contributed by atoms with Crippen LogP contribution in [0.2, 0.25) is 5.02 Å². The van der Waals surface area contributed by atoms with E-state index >= 15 is 0 Å². The lowest BCUT2D eigenvalue weighted by atomic mass is 9.86. The van der Waals surface area contributed by atoms with E-state index in [4.69, 9.17) is 21.1 Å². The van der Waals surface area contributed by atoms with Crippen LogP contribution in [0.4, 0.5) is 0 Å². The van der Waals surface area contributed by atoms with Crippen molar-refractivity contribution in [3.05, 3.63) is 57.9 Å². The fourth-order valence-corrected chi connectivity index (χ4v) is 3.60. The van der Waals surface area contributed by atoms with E-state index in [1.165, 1.54) is 7.11 Å². The van der Waals surface area contributed by atoms with Gasteiger partial charge in [0.15, 0.2) is 0 Å². The summed E-state index contributed by atoms with van der Waals surface area (Å²) in [4.78, 5) is 8.99. The number of halogens is 1. The molecule has 2 heterocycles. The van der Waals surface area contributed by atoms with Crippen LogP contribution in [-0.2, 0) is 5.60 Å². The van der Waals surface area contributed by atoms with Crippen molar-refractivity contribution in [1.29, 1.82) is 0 Å². The second-order valence-electron chi connectivity index (χ2n) is 7.32. The van der Waals surface area contributed by atoms with Crippen LogP contribution in [-0.4, -0.2) is 28.3 Å². The molecule has 3 rings (SSSR count). The standard InChI is InChI=1S/C22H25ClN2O3/c1-12(2)28-20-19(23)16-11-15(8-10-18(16)25-21(20)27-6)22(5,26)17-9-7-13(3)24-14(17)4/h7-12,26H,1-6H3/t22-/m1/s1. The van der Waals surface area contributed by atoms with Crippen molar-refractivity contribution in [3.8, 4) is 11.6 Å². The smallest absolute Gasteiger partial charge is 0.258 e. The van der Waals surface area contributed by atoms with E-state index in [2.05, 4.69) is 9.97 Å². The average molecular weight is 401 g/mol. The minimum atomic E-state index is -1.23. The van der Waals surface area contributed by atoms with Gasteiger partial charge in [0, 0.05) is 22.3 Å². The Hall–Kier alpha value is -2.37. The van der Waals surface area contributed by atoms with Gasteiger partial charge in [0.25, 0.3) is 5.88 Å². The van der Waals surface area contributed by atoms with Crippen molar-refractivity contribution in [2.75, 3.05) is 7.11 Å². The van der Waals surface area contributed by atoms with Gasteiger partial charge in [0.05, 0.1) is 23.8 Å². The zero-order valence-electron chi connectivity index (χ0n) is 17.0. The van der Waals surface area contributed by atoms with Gasteiger partial charge in [-0.3, -0.25) is 4.98 Å². The number of hydrogen-bond acceptors (Lipinski definition) is 5. The highest BCUT2D eigenvalue weighted by Gasteiger charge is 2.29. The average Bonchev–Trinajstić information content (AvgIpc) is 2.62. The van der Waals surface area contributed by atoms with Gasteiger partial charge in [-0.05, 0) is 58.4 Å². The quantitative estimate of drug-likeness (QED) is 0.656. The summed E-state index contributed by atoms with van der Waals surface area (Å²) in [5.74, 6) is 0.737. The van der Waals surface area contributed by atoms with Gasteiger partial charge >= 0.3 is 0 Å². The third-order valence-electron chi connectivity index (χ3n) is 4.71. The van der Waals surface area contributed by atoms with E-state index in [0.29, 0.717) is 33.1 Å². The Morgan fingerprint density at radius 1 is 1.11 bits per heavy atom. The molecule has 6 heteroatoms. The number of benzene rings is 1. The minimum absolute atomic E-state index is 0.0850. The van der Waals surface area contributed by atoms with Crippen molar-refractivity contribution < 1.29 is 14.6 Å². The van der Waals surface area contributed by atoms with Crippen molar-refractivity contribution >= 4 is 22.5 Å². The summed E-state index contributed by atoms with van der Waals surface area (Å²) in [5.41, 5.74) is 2.56. The third-order valence-corrected chi connectivity index (χ3v) is 5.08. The van der Waals surface area contributed by atoms with Crippen LogP contribution >= 0.6 is 11.6 Å². The molecule has 1 aromatic carbocycles. The number of aromatic nitrogens is 2. The van der Waals surface area contributed by atoms with Gasteiger partial charge in [0.1, 0.15) is 5.60 Å². The number of aliphatic hydroxyl groups is 1. The van der Waals surface area contributed by atoms with Crippen LogP contribution in [0, 0.1) is 13.8 Å². The molecule has 0 bridgehead atoms. The minimum Gasteiger partial charge on any atom is -0.484 e. The molecular weight excluding hydrogens is 376 g/mol. The van der Waals surface area contributed by atoms with Crippen molar-refractivity contribution in [1.82, 2.24) is 9.97 Å². The molecule has 5 nitrogen and oxygen atoms in total. The lowest BCUT2D eigenvalue weighted by molar-refractivity contribution is 0.101. The van der Waals surface area contributed by atoms with E-state index in [-0.39, 0.29) is 6.10 Å². The molecule has 148 valence electrons. The molecule has 0 spiro atoms. The molecule has 0 aliphatic heterocycles. The van der Waals surface area contributed by atoms with E-state index in [9.17, 15) is 5.11 Å². The first-order valence-corrected chi connectivity index (χ1v) is 9.54. The van der Waals surface area contributed by atoms with E-state index in [1.807, 2.05) is 58.0 Å². The molecule has 0 saturated heterocycles. The Morgan fingerprint density at radius 3 is 2.43 bits per heavy atom. The van der Waals surface area contributed by atoms with Crippen molar-refractivity contribution in [3.63, 3.8) is 0 Å². The maximum absolute atomic E-state index is 11.3. The molecule has 1 atom stereocenters. The fraction of sp³-hybridized carbons (Fsp3) is 0.364. The fourth-order valence-electron chi connectivity index (χ4n) is 3.32. The first-order valence-electron chi connectivity index (χ1n) is 9.16. The van der Waals surface area contributed by atoms with Crippen LogP contribution in [0.25, 0.3) is 10.9 Å². The molecule has 2 aromatic heterocycles. The second-order valence-corrected chi connectivity index (χ2v) is 7.70. The first kappa shape index (κ1) is 20.4. The van der Waals surface area contributed by atoms with Crippen LogP contribution < -0.4 is 9.47 Å². The normalized spacial score (nSPS) is 13.6. The predicted octanol–water partition coefficient (Wildman–Crippen LogP) is 4.95. The summed E-state index contributed by atoms with van der Waals surface area (Å²) >= 11 is 6.65. The molecule has 1 N–H and O–H groups in total. The maximum Gasteiger partial charge on any atom is 0.258 e. The topological polar surface area (TPSA) is 64.5 Å². The van der Waals surface area contributed by atoms with Gasteiger partial charge < -0.3 is 14.6 Å². The highest BCUT2D eigenvalue weighted by molar-refractivity contribution is 6.37. The molecule has 0 fully saturated rings. The zero-order valence-corrected chi connectivity index (χ0v) is 17.8. The summed E-state index contributed by atoms with van der Waals surface area (Å²) in [5, 5.41) is 12.4. The predicted molar refractivity (Wildman–Crippen MR) is 111 cm³/mol. The molecule has 0 aliphatic rings. The van der Waals surface area contributed by atoms with Crippen molar-refractivity contribution in [2.24, 2.45) is 0 Å². The summed E-state index contributed by atoms with van der Waals surface area (Å²) in [6.45, 7) is 9.40. The molecule has 0 saturated carbocycles. The van der Waals surface area contributed by atoms with Gasteiger partial charge in [-0.1, -0.05) is 23.7 Å². The van der Waals surface area contributed by atoms with Crippen LogP contribution in [0.5, 0.6) is 11.6 Å². The van der Waals surface area contributed by atoms with Gasteiger partial charge in [-0.15, -0.1) is 0 Å². The van der Waals surface area contributed by atoms with Crippen molar-refractivity contribution in [2.45, 2.75) is 46.3 Å². The number of aryl methyl sites for hydroxylation is 2. The Balaban J connectivity index is 2.19. The van der Waals surface area contributed by atoms with E-state index < -0.39 is 5.60 Å². The summed E-state index contributed by atoms with van der Waals surface area (Å²) < 4.78 is 11.2. The highest BCUT2D eigenvalue weighted by Crippen LogP contribution is 2.41. The lowest BCUT2D eigenvalue weighted by Crippen LogP contribution is -2.24. The Kier molecular flexibility index (Phi) is 5.50. The van der Waals surface area contributed by atoms with Crippen LogP contribution in [0.15, 0.2) is 30.3 Å². The number of fused-ring (bicyclic) bond motifs is 1. The van der Waals surface area contributed by atoms with E-state index in [1.54, 1.807) is 6.92 Å². The number of pyridine rings is 2. The molecule has 0 radical (unpaired) electrons. The maximum atomic E-state index is 11.3. The van der Waals surface area contributed by atoms with E-state index in [0.717, 1.165) is 17.0 Å².